The predicted molar refractivity (Wildman–Crippen MR) is 53.9 cm³/mol. The minimum absolute atomic E-state index is 0.114. The Bertz CT molecular complexity index is 215. The van der Waals surface area contributed by atoms with Crippen molar-refractivity contribution < 1.29 is 9.53 Å². The number of nitrogens with zero attached hydrogens (tertiary/aromatic N) is 1. The molecule has 2 rings (SSSR count). The van der Waals surface area contributed by atoms with Gasteiger partial charge < -0.3 is 9.64 Å². The van der Waals surface area contributed by atoms with Crippen LogP contribution in [0.15, 0.2) is 0 Å². The van der Waals surface area contributed by atoms with Crippen molar-refractivity contribution in [2.45, 2.75) is 32.3 Å². The zero-order chi connectivity index (χ0) is 10.1. The summed E-state index contributed by atoms with van der Waals surface area (Å²) < 4.78 is 5.44. The summed E-state index contributed by atoms with van der Waals surface area (Å²) in [7, 11) is 2.16. The molecular weight excluding hydrogens is 178 g/mol. The number of ether oxygens (including phenoxy) is 1. The van der Waals surface area contributed by atoms with Crippen molar-refractivity contribution in [1.82, 2.24) is 4.90 Å². The van der Waals surface area contributed by atoms with Crippen LogP contribution in [-0.2, 0) is 9.53 Å². The fraction of sp³-hybridized carbons (Fsp3) is 0.909. The van der Waals surface area contributed by atoms with Gasteiger partial charge in [0.05, 0.1) is 0 Å². The molecule has 1 aliphatic carbocycles. The monoisotopic (exact) mass is 197 g/mol. The van der Waals surface area contributed by atoms with E-state index in [4.69, 9.17) is 4.74 Å². The largest absolute Gasteiger partial charge is 0.462 e. The standard InChI is InChI=1S/C11H19NO2/c1-8(13)14-11-9-4-3-5-10(11)7-12(2)6-9/h9-11H,3-7H2,1-2H3. The molecule has 2 aliphatic rings. The third-order valence-corrected chi connectivity index (χ3v) is 3.47. The molecule has 1 aliphatic heterocycles. The van der Waals surface area contributed by atoms with Gasteiger partial charge in [-0.25, -0.2) is 0 Å². The lowest BCUT2D eigenvalue weighted by Gasteiger charge is -2.45. The normalized spacial score (nSPS) is 38.0. The highest BCUT2D eigenvalue weighted by Crippen LogP contribution is 2.36. The van der Waals surface area contributed by atoms with Crippen LogP contribution in [0.4, 0.5) is 0 Å². The SMILES string of the molecule is CC(=O)OC1C2CCCC1CN(C)C2. The number of hydrogen-bond donors (Lipinski definition) is 0. The molecule has 80 valence electrons. The van der Waals surface area contributed by atoms with Crippen molar-refractivity contribution in [2.75, 3.05) is 20.1 Å². The van der Waals surface area contributed by atoms with E-state index < -0.39 is 0 Å². The predicted octanol–water partition coefficient (Wildman–Crippen LogP) is 1.28. The van der Waals surface area contributed by atoms with Gasteiger partial charge in [0.15, 0.2) is 0 Å². The summed E-state index contributed by atoms with van der Waals surface area (Å²) in [6, 6.07) is 0. The Kier molecular flexibility index (Phi) is 2.77. The lowest BCUT2D eigenvalue weighted by molar-refractivity contribution is -0.160. The first-order valence-electron chi connectivity index (χ1n) is 5.52. The van der Waals surface area contributed by atoms with Crippen molar-refractivity contribution in [3.8, 4) is 0 Å². The second kappa shape index (κ2) is 3.89. The number of likely N-dealkylation sites (tertiary alicyclic amines) is 1. The van der Waals surface area contributed by atoms with Crippen LogP contribution in [0, 0.1) is 11.8 Å². The Labute approximate surface area is 85.4 Å². The summed E-state index contributed by atoms with van der Waals surface area (Å²) in [6.45, 7) is 3.71. The number of carbonyl (C=O) groups is 1. The van der Waals surface area contributed by atoms with Crippen LogP contribution in [0.25, 0.3) is 0 Å². The fourth-order valence-corrected chi connectivity index (χ4v) is 3.01. The summed E-state index contributed by atoms with van der Waals surface area (Å²) in [6.07, 6.45) is 3.95. The molecule has 0 amide bonds. The molecule has 2 unspecified atom stereocenters. The Morgan fingerprint density at radius 2 is 1.86 bits per heavy atom. The average molecular weight is 197 g/mol. The van der Waals surface area contributed by atoms with Gasteiger partial charge in [-0.05, 0) is 19.9 Å². The lowest BCUT2D eigenvalue weighted by Crippen LogP contribution is -2.51. The van der Waals surface area contributed by atoms with E-state index in [1.54, 1.807) is 0 Å². The van der Waals surface area contributed by atoms with Crippen molar-refractivity contribution in [3.05, 3.63) is 0 Å². The van der Waals surface area contributed by atoms with Gasteiger partial charge in [-0.3, -0.25) is 4.79 Å². The number of esters is 1. The zero-order valence-corrected chi connectivity index (χ0v) is 9.03. The molecule has 0 aromatic rings. The van der Waals surface area contributed by atoms with E-state index >= 15 is 0 Å². The second-order valence-electron chi connectivity index (χ2n) is 4.75. The van der Waals surface area contributed by atoms with E-state index in [2.05, 4.69) is 11.9 Å². The summed E-state index contributed by atoms with van der Waals surface area (Å²) in [5, 5.41) is 0. The van der Waals surface area contributed by atoms with Gasteiger partial charge in [0.25, 0.3) is 0 Å². The van der Waals surface area contributed by atoms with Crippen molar-refractivity contribution in [2.24, 2.45) is 11.8 Å². The molecule has 1 saturated carbocycles. The molecule has 14 heavy (non-hydrogen) atoms. The van der Waals surface area contributed by atoms with Crippen LogP contribution >= 0.6 is 0 Å². The number of hydrogen-bond acceptors (Lipinski definition) is 3. The maximum absolute atomic E-state index is 11.0. The van der Waals surface area contributed by atoms with Gasteiger partial charge in [0.1, 0.15) is 6.10 Å². The summed E-state index contributed by atoms with van der Waals surface area (Å²) in [5.74, 6) is 1.05. The van der Waals surface area contributed by atoms with Crippen molar-refractivity contribution >= 4 is 5.97 Å². The van der Waals surface area contributed by atoms with Gasteiger partial charge in [-0.15, -0.1) is 0 Å². The molecule has 0 radical (unpaired) electrons. The van der Waals surface area contributed by atoms with Crippen molar-refractivity contribution in [1.29, 1.82) is 0 Å². The van der Waals surface area contributed by atoms with Crippen molar-refractivity contribution in [3.63, 3.8) is 0 Å². The van der Waals surface area contributed by atoms with E-state index in [1.165, 1.54) is 26.2 Å². The maximum atomic E-state index is 11.0. The molecule has 0 N–H and O–H groups in total. The fourth-order valence-electron chi connectivity index (χ4n) is 3.01. The number of rotatable bonds is 1. The molecule has 3 heteroatoms. The highest BCUT2D eigenvalue weighted by atomic mass is 16.5. The Balaban J connectivity index is 2.04. The third kappa shape index (κ3) is 1.92. The minimum Gasteiger partial charge on any atom is -0.462 e. The second-order valence-corrected chi connectivity index (χ2v) is 4.75. The molecule has 0 spiro atoms. The number of fused-ring (bicyclic) bond motifs is 2. The number of carbonyl (C=O) groups excluding carboxylic acids is 1. The Morgan fingerprint density at radius 1 is 1.29 bits per heavy atom. The van der Waals surface area contributed by atoms with E-state index in [-0.39, 0.29) is 12.1 Å². The molecular formula is C11H19NO2. The van der Waals surface area contributed by atoms with Gasteiger partial charge in [-0.1, -0.05) is 6.42 Å². The molecule has 2 bridgehead atoms. The van der Waals surface area contributed by atoms with Crippen LogP contribution in [0.1, 0.15) is 26.2 Å². The van der Waals surface area contributed by atoms with E-state index in [1.807, 2.05) is 0 Å². The highest BCUT2D eigenvalue weighted by Gasteiger charge is 2.40. The molecule has 0 aromatic carbocycles. The Morgan fingerprint density at radius 3 is 2.36 bits per heavy atom. The first-order chi connectivity index (χ1) is 6.66. The highest BCUT2D eigenvalue weighted by molar-refractivity contribution is 5.66. The van der Waals surface area contributed by atoms with Crippen LogP contribution < -0.4 is 0 Å². The van der Waals surface area contributed by atoms with Gasteiger partial charge in [0.2, 0.25) is 0 Å². The summed E-state index contributed by atoms with van der Waals surface area (Å²) in [4.78, 5) is 13.4. The molecule has 3 nitrogen and oxygen atoms in total. The summed E-state index contributed by atoms with van der Waals surface area (Å²) in [5.41, 5.74) is 0. The molecule has 2 fully saturated rings. The molecule has 0 aromatic heterocycles. The van der Waals surface area contributed by atoms with Crippen LogP contribution in [-0.4, -0.2) is 37.1 Å². The minimum atomic E-state index is -0.114. The maximum Gasteiger partial charge on any atom is 0.302 e. The molecule has 1 saturated heterocycles. The number of piperidine rings is 1. The first kappa shape index (κ1) is 9.97. The van der Waals surface area contributed by atoms with Crippen LogP contribution in [0.2, 0.25) is 0 Å². The Hall–Kier alpha value is -0.570. The first-order valence-corrected chi connectivity index (χ1v) is 5.52. The summed E-state index contributed by atoms with van der Waals surface area (Å²) >= 11 is 0. The molecule has 2 atom stereocenters. The topological polar surface area (TPSA) is 29.5 Å². The van der Waals surface area contributed by atoms with Gasteiger partial charge in [0, 0.05) is 31.8 Å². The van der Waals surface area contributed by atoms with Crippen LogP contribution in [0.5, 0.6) is 0 Å². The third-order valence-electron chi connectivity index (χ3n) is 3.47. The lowest BCUT2D eigenvalue weighted by atomic mass is 9.75. The zero-order valence-electron chi connectivity index (χ0n) is 9.03. The quantitative estimate of drug-likeness (QED) is 0.593. The van der Waals surface area contributed by atoms with E-state index in [0.717, 1.165) is 13.1 Å². The van der Waals surface area contributed by atoms with E-state index in [9.17, 15) is 4.79 Å². The van der Waals surface area contributed by atoms with Gasteiger partial charge >= 0.3 is 5.97 Å². The average Bonchev–Trinajstić information content (AvgIpc) is 2.05. The molecule has 1 heterocycles. The van der Waals surface area contributed by atoms with Gasteiger partial charge in [-0.2, -0.15) is 0 Å². The van der Waals surface area contributed by atoms with Crippen LogP contribution in [0.3, 0.4) is 0 Å². The van der Waals surface area contributed by atoms with E-state index in [0.29, 0.717) is 11.8 Å². The smallest absolute Gasteiger partial charge is 0.302 e.